The van der Waals surface area contributed by atoms with E-state index in [1.807, 2.05) is 62.4 Å². The van der Waals surface area contributed by atoms with Crippen molar-refractivity contribution in [3.63, 3.8) is 0 Å². The van der Waals surface area contributed by atoms with Crippen LogP contribution in [0.1, 0.15) is 24.2 Å². The number of ether oxygens (including phenoxy) is 1. The molecule has 0 radical (unpaired) electrons. The summed E-state index contributed by atoms with van der Waals surface area (Å²) >= 11 is 17.8. The van der Waals surface area contributed by atoms with E-state index in [4.69, 9.17) is 51.0 Å². The first-order chi connectivity index (χ1) is 15.7. The average molecular weight is 510 g/mol. The zero-order valence-corrected chi connectivity index (χ0v) is 20.6. The van der Waals surface area contributed by atoms with Gasteiger partial charge < -0.3 is 26.8 Å². The lowest BCUT2D eigenvalue weighted by molar-refractivity contribution is 0.0459. The van der Waals surface area contributed by atoms with E-state index < -0.39 is 5.97 Å². The topological polar surface area (TPSA) is 102 Å². The molecule has 0 aliphatic carbocycles. The third kappa shape index (κ3) is 8.57. The van der Waals surface area contributed by atoms with Crippen molar-refractivity contribution in [2.24, 2.45) is 5.92 Å². The Morgan fingerprint density at radius 3 is 1.76 bits per heavy atom. The molecule has 0 aliphatic rings. The lowest BCUT2D eigenvalue weighted by atomic mass is 10.1. The molecule has 0 aliphatic heterocycles. The number of benzene rings is 3. The second kappa shape index (κ2) is 13.0. The van der Waals surface area contributed by atoms with Gasteiger partial charge in [0.1, 0.15) is 0 Å². The molecule has 0 atom stereocenters. The van der Waals surface area contributed by atoms with Crippen LogP contribution in [0.15, 0.2) is 60.7 Å². The summed E-state index contributed by atoms with van der Waals surface area (Å²) in [6.07, 6.45) is 0. The van der Waals surface area contributed by atoms with Crippen LogP contribution in [0.5, 0.6) is 0 Å². The molecular formula is C24H27Cl3N4O2. The first-order valence-corrected chi connectivity index (χ1v) is 11.3. The Bertz CT molecular complexity index is 1010. The molecule has 0 spiro atoms. The third-order valence-electron chi connectivity index (χ3n) is 4.22. The number of nitrogens with one attached hydrogen (secondary N) is 2. The van der Waals surface area contributed by atoms with Gasteiger partial charge in [0.15, 0.2) is 0 Å². The summed E-state index contributed by atoms with van der Waals surface area (Å²) in [5, 5.41) is 8.04. The van der Waals surface area contributed by atoms with E-state index in [2.05, 4.69) is 10.6 Å². The fourth-order valence-corrected chi connectivity index (χ4v) is 3.07. The van der Waals surface area contributed by atoms with Gasteiger partial charge in [-0.1, -0.05) is 72.9 Å². The Morgan fingerprint density at radius 2 is 1.33 bits per heavy atom. The zero-order valence-electron chi connectivity index (χ0n) is 18.4. The lowest BCUT2D eigenvalue weighted by Gasteiger charge is -2.11. The second-order valence-electron chi connectivity index (χ2n) is 7.45. The van der Waals surface area contributed by atoms with Gasteiger partial charge in [0.25, 0.3) is 0 Å². The van der Waals surface area contributed by atoms with Crippen molar-refractivity contribution in [3.05, 3.63) is 81.3 Å². The van der Waals surface area contributed by atoms with E-state index in [1.165, 1.54) is 12.1 Å². The molecule has 0 amide bonds. The molecule has 0 aromatic heterocycles. The lowest BCUT2D eigenvalue weighted by Crippen LogP contribution is -2.12. The van der Waals surface area contributed by atoms with Crippen molar-refractivity contribution in [1.29, 1.82) is 0 Å². The number of anilines is 4. The highest BCUT2D eigenvalue weighted by atomic mass is 35.5. The number of nitrogens with two attached hydrogens (primary N) is 2. The van der Waals surface area contributed by atoms with E-state index in [1.54, 1.807) is 0 Å². The Kier molecular flexibility index (Phi) is 10.5. The number of carbonyl (C=O) groups is 1. The molecule has 0 bridgehead atoms. The van der Waals surface area contributed by atoms with E-state index in [-0.39, 0.29) is 22.3 Å². The normalized spacial score (nSPS) is 10.2. The minimum atomic E-state index is -0.441. The number of carbonyl (C=O) groups excluding carboxylic acids is 1. The molecule has 176 valence electrons. The minimum Gasteiger partial charge on any atom is -0.462 e. The molecule has 33 heavy (non-hydrogen) atoms. The Balaban J connectivity index is 0.000000234. The Morgan fingerprint density at radius 1 is 0.879 bits per heavy atom. The van der Waals surface area contributed by atoms with Gasteiger partial charge >= 0.3 is 5.97 Å². The number of nitrogen functional groups attached to an aromatic ring is 2. The van der Waals surface area contributed by atoms with Crippen LogP contribution in [0.2, 0.25) is 15.1 Å². The summed E-state index contributed by atoms with van der Waals surface area (Å²) in [6.45, 7) is 4.84. The maximum absolute atomic E-state index is 11.6. The largest absolute Gasteiger partial charge is 0.462 e. The van der Waals surface area contributed by atoms with Crippen LogP contribution in [-0.2, 0) is 4.74 Å². The van der Waals surface area contributed by atoms with E-state index in [9.17, 15) is 4.79 Å². The maximum Gasteiger partial charge on any atom is 0.338 e. The third-order valence-corrected chi connectivity index (χ3v) is 5.31. The number of halogens is 3. The van der Waals surface area contributed by atoms with Gasteiger partial charge in [-0.15, -0.1) is 0 Å². The zero-order chi connectivity index (χ0) is 24.4. The first kappa shape index (κ1) is 26.5. The molecule has 0 saturated carbocycles. The van der Waals surface area contributed by atoms with Gasteiger partial charge in [-0.2, -0.15) is 0 Å². The molecule has 3 aromatic carbocycles. The molecule has 0 saturated heterocycles. The Hall–Kier alpha value is -2.80. The fraction of sp³-hybridized carbons (Fsp3) is 0.208. The molecule has 0 fully saturated rings. The van der Waals surface area contributed by atoms with Crippen LogP contribution >= 0.6 is 34.8 Å². The van der Waals surface area contributed by atoms with Crippen LogP contribution < -0.4 is 22.1 Å². The summed E-state index contributed by atoms with van der Waals surface area (Å²) in [6, 6.07) is 18.1. The molecule has 9 heteroatoms. The summed E-state index contributed by atoms with van der Waals surface area (Å²) in [7, 11) is 0. The van der Waals surface area contributed by atoms with Crippen LogP contribution in [0.25, 0.3) is 0 Å². The van der Waals surface area contributed by atoms with Gasteiger partial charge in [0.2, 0.25) is 0 Å². The maximum atomic E-state index is 11.6. The number of hydrogen-bond donors (Lipinski definition) is 4. The summed E-state index contributed by atoms with van der Waals surface area (Å²) < 4.78 is 5.05. The monoisotopic (exact) mass is 508 g/mol. The molecule has 3 rings (SSSR count). The summed E-state index contributed by atoms with van der Waals surface area (Å²) in [4.78, 5) is 11.6. The van der Waals surface area contributed by atoms with Crippen molar-refractivity contribution < 1.29 is 9.53 Å². The van der Waals surface area contributed by atoms with Crippen molar-refractivity contribution in [3.8, 4) is 0 Å². The predicted molar refractivity (Wildman–Crippen MR) is 140 cm³/mol. The van der Waals surface area contributed by atoms with Crippen LogP contribution in [0.3, 0.4) is 0 Å². The number of hydrogen-bond acceptors (Lipinski definition) is 6. The smallest absolute Gasteiger partial charge is 0.338 e. The standard InChI is InChI=1S/C13H12Cl2N2.C11H15ClN2O2/c14-10-5-1-3-7-12(10)16-9-17-13-8-4-2-6-11(13)15;1-6(2)5-16-11(15)7-3-8(13)10(12)9(14)4-7/h1-8,16-17H,9H2;3-4,6H,5,13-14H2,1-2H3. The molecular weight excluding hydrogens is 483 g/mol. The van der Waals surface area contributed by atoms with Gasteiger partial charge in [-0.3, -0.25) is 0 Å². The summed E-state index contributed by atoms with van der Waals surface area (Å²) in [5.74, 6) is -0.158. The average Bonchev–Trinajstić information content (AvgIpc) is 2.78. The number of esters is 1. The molecule has 6 nitrogen and oxygen atoms in total. The molecule has 0 unspecified atom stereocenters. The first-order valence-electron chi connectivity index (χ1n) is 10.2. The van der Waals surface area contributed by atoms with Gasteiger partial charge in [0.05, 0.1) is 56.7 Å². The van der Waals surface area contributed by atoms with Crippen LogP contribution in [0, 0.1) is 5.92 Å². The van der Waals surface area contributed by atoms with E-state index >= 15 is 0 Å². The summed E-state index contributed by atoms with van der Waals surface area (Å²) in [5.41, 5.74) is 13.9. The number of para-hydroxylation sites is 2. The molecule has 0 heterocycles. The SMILES string of the molecule is CC(C)COC(=O)c1cc(N)c(Cl)c(N)c1.Clc1ccccc1NCNc1ccccc1Cl. The quantitative estimate of drug-likeness (QED) is 0.159. The Labute approximate surface area is 209 Å². The highest BCUT2D eigenvalue weighted by Crippen LogP contribution is 2.27. The van der Waals surface area contributed by atoms with Crippen molar-refractivity contribution >= 4 is 63.5 Å². The van der Waals surface area contributed by atoms with Crippen LogP contribution in [-0.4, -0.2) is 19.2 Å². The van der Waals surface area contributed by atoms with Gasteiger partial charge in [-0.25, -0.2) is 4.79 Å². The van der Waals surface area contributed by atoms with Crippen molar-refractivity contribution in [2.75, 3.05) is 35.4 Å². The predicted octanol–water partition coefficient (Wildman–Crippen LogP) is 6.79. The molecule has 6 N–H and O–H groups in total. The van der Waals surface area contributed by atoms with E-state index in [0.29, 0.717) is 28.9 Å². The fourth-order valence-electron chi connectivity index (χ4n) is 2.56. The molecule has 3 aromatic rings. The second-order valence-corrected chi connectivity index (χ2v) is 8.64. The number of rotatable bonds is 7. The van der Waals surface area contributed by atoms with Crippen molar-refractivity contribution in [2.45, 2.75) is 13.8 Å². The minimum absolute atomic E-state index is 0.264. The highest BCUT2D eigenvalue weighted by molar-refractivity contribution is 6.35. The highest BCUT2D eigenvalue weighted by Gasteiger charge is 2.12. The van der Waals surface area contributed by atoms with Crippen LogP contribution in [0.4, 0.5) is 22.7 Å². The van der Waals surface area contributed by atoms with Crippen molar-refractivity contribution in [1.82, 2.24) is 0 Å². The van der Waals surface area contributed by atoms with Gasteiger partial charge in [-0.05, 0) is 42.3 Å². The van der Waals surface area contributed by atoms with Gasteiger partial charge in [0, 0.05) is 0 Å². The van der Waals surface area contributed by atoms with E-state index in [0.717, 1.165) is 11.4 Å².